The molecular formula is C17H30N2. The van der Waals surface area contributed by atoms with Gasteiger partial charge in [0, 0.05) is 12.2 Å². The van der Waals surface area contributed by atoms with Gasteiger partial charge in [0.05, 0.1) is 5.54 Å². The Balaban J connectivity index is 2.94. The molecule has 0 saturated heterocycles. The average molecular weight is 262 g/mol. The predicted molar refractivity (Wildman–Crippen MR) is 85.5 cm³/mol. The van der Waals surface area contributed by atoms with Crippen LogP contribution >= 0.6 is 0 Å². The summed E-state index contributed by atoms with van der Waals surface area (Å²) in [4.78, 5) is 0. The second-order valence-electron chi connectivity index (χ2n) is 6.67. The second kappa shape index (κ2) is 6.95. The van der Waals surface area contributed by atoms with Gasteiger partial charge in [0.1, 0.15) is 0 Å². The van der Waals surface area contributed by atoms with E-state index in [9.17, 15) is 0 Å². The van der Waals surface area contributed by atoms with Gasteiger partial charge in [-0.25, -0.2) is 0 Å². The molecule has 0 aliphatic heterocycles. The third kappa shape index (κ3) is 5.23. The largest absolute Gasteiger partial charge is 0.378 e. The lowest BCUT2D eigenvalue weighted by molar-refractivity contribution is 0.317. The Labute approximate surface area is 118 Å². The fourth-order valence-corrected chi connectivity index (χ4v) is 3.00. The van der Waals surface area contributed by atoms with Gasteiger partial charge < -0.3 is 11.1 Å². The first-order valence-corrected chi connectivity index (χ1v) is 7.42. The zero-order valence-electron chi connectivity index (χ0n) is 13.2. The normalized spacial score (nSPS) is 12.2. The third-order valence-electron chi connectivity index (χ3n) is 3.42. The van der Waals surface area contributed by atoms with Gasteiger partial charge in [-0.2, -0.15) is 0 Å². The number of hydrogen-bond donors (Lipinski definition) is 2. The standard InChI is InChI=1S/C17H30N2/c1-13(2)10-17(12-18,11-14(3)4)19-16-8-6-7-15(5)9-16/h6-9,13-14,19H,10-12,18H2,1-5H3. The first kappa shape index (κ1) is 16.0. The van der Waals surface area contributed by atoms with Gasteiger partial charge in [0.15, 0.2) is 0 Å². The van der Waals surface area contributed by atoms with E-state index in [4.69, 9.17) is 5.73 Å². The maximum atomic E-state index is 6.13. The minimum Gasteiger partial charge on any atom is -0.378 e. The number of nitrogens with one attached hydrogen (secondary N) is 1. The summed E-state index contributed by atoms with van der Waals surface area (Å²) in [7, 11) is 0. The molecule has 2 heteroatoms. The Hall–Kier alpha value is -1.02. The first-order chi connectivity index (χ1) is 8.87. The van der Waals surface area contributed by atoms with E-state index in [1.54, 1.807) is 0 Å². The van der Waals surface area contributed by atoms with E-state index in [2.05, 4.69) is 64.2 Å². The van der Waals surface area contributed by atoms with Gasteiger partial charge in [-0.15, -0.1) is 0 Å². The van der Waals surface area contributed by atoms with E-state index in [0.29, 0.717) is 18.4 Å². The van der Waals surface area contributed by atoms with E-state index >= 15 is 0 Å². The summed E-state index contributed by atoms with van der Waals surface area (Å²) in [6.07, 6.45) is 2.21. The third-order valence-corrected chi connectivity index (χ3v) is 3.42. The van der Waals surface area contributed by atoms with Crippen LogP contribution < -0.4 is 11.1 Å². The molecule has 0 spiro atoms. The molecule has 2 nitrogen and oxygen atoms in total. The van der Waals surface area contributed by atoms with E-state index in [-0.39, 0.29) is 5.54 Å². The number of aryl methyl sites for hydroxylation is 1. The van der Waals surface area contributed by atoms with Crippen LogP contribution in [0.3, 0.4) is 0 Å². The lowest BCUT2D eigenvalue weighted by atomic mass is 9.81. The Morgan fingerprint density at radius 3 is 2.11 bits per heavy atom. The van der Waals surface area contributed by atoms with Crippen molar-refractivity contribution in [2.24, 2.45) is 17.6 Å². The lowest BCUT2D eigenvalue weighted by Crippen LogP contribution is -2.47. The molecule has 108 valence electrons. The summed E-state index contributed by atoms with van der Waals surface area (Å²) in [5, 5.41) is 3.72. The van der Waals surface area contributed by atoms with Crippen LogP contribution in [0.1, 0.15) is 46.1 Å². The summed E-state index contributed by atoms with van der Waals surface area (Å²) < 4.78 is 0. The molecule has 0 atom stereocenters. The van der Waals surface area contributed by atoms with Crippen LogP contribution in [0.15, 0.2) is 24.3 Å². The Bertz CT molecular complexity index is 373. The monoisotopic (exact) mass is 262 g/mol. The van der Waals surface area contributed by atoms with E-state index in [1.165, 1.54) is 11.3 Å². The highest BCUT2D eigenvalue weighted by atomic mass is 15.0. The number of benzene rings is 1. The first-order valence-electron chi connectivity index (χ1n) is 7.42. The van der Waals surface area contributed by atoms with Crippen molar-refractivity contribution in [3.63, 3.8) is 0 Å². The van der Waals surface area contributed by atoms with Crippen LogP contribution in [-0.4, -0.2) is 12.1 Å². The van der Waals surface area contributed by atoms with Crippen molar-refractivity contribution in [1.29, 1.82) is 0 Å². The summed E-state index contributed by atoms with van der Waals surface area (Å²) in [5.41, 5.74) is 8.61. The molecule has 1 aromatic carbocycles. The Morgan fingerprint density at radius 2 is 1.68 bits per heavy atom. The van der Waals surface area contributed by atoms with E-state index in [0.717, 1.165) is 12.8 Å². The van der Waals surface area contributed by atoms with Crippen LogP contribution in [0.4, 0.5) is 5.69 Å². The summed E-state index contributed by atoms with van der Waals surface area (Å²) in [6, 6.07) is 8.56. The van der Waals surface area contributed by atoms with E-state index in [1.807, 2.05) is 0 Å². The smallest absolute Gasteiger partial charge is 0.0500 e. The molecule has 0 bridgehead atoms. The molecule has 0 aliphatic carbocycles. The van der Waals surface area contributed by atoms with Crippen molar-refractivity contribution in [3.05, 3.63) is 29.8 Å². The van der Waals surface area contributed by atoms with Crippen molar-refractivity contribution in [3.8, 4) is 0 Å². The van der Waals surface area contributed by atoms with Gasteiger partial charge in [0.2, 0.25) is 0 Å². The molecule has 0 fully saturated rings. The number of nitrogens with two attached hydrogens (primary N) is 1. The van der Waals surface area contributed by atoms with Crippen molar-refractivity contribution >= 4 is 5.69 Å². The topological polar surface area (TPSA) is 38.0 Å². The minimum atomic E-state index is 0.0100. The highest BCUT2D eigenvalue weighted by Crippen LogP contribution is 2.28. The minimum absolute atomic E-state index is 0.0100. The van der Waals surface area contributed by atoms with E-state index < -0.39 is 0 Å². The van der Waals surface area contributed by atoms with Gasteiger partial charge in [0.25, 0.3) is 0 Å². The van der Waals surface area contributed by atoms with Gasteiger partial charge in [-0.3, -0.25) is 0 Å². The fraction of sp³-hybridized carbons (Fsp3) is 0.647. The zero-order valence-corrected chi connectivity index (χ0v) is 13.2. The lowest BCUT2D eigenvalue weighted by Gasteiger charge is -2.38. The average Bonchev–Trinajstić information content (AvgIpc) is 2.26. The quantitative estimate of drug-likeness (QED) is 0.773. The molecule has 0 radical (unpaired) electrons. The van der Waals surface area contributed by atoms with Crippen molar-refractivity contribution < 1.29 is 0 Å². The maximum Gasteiger partial charge on any atom is 0.0500 e. The highest BCUT2D eigenvalue weighted by molar-refractivity contribution is 5.48. The highest BCUT2D eigenvalue weighted by Gasteiger charge is 2.30. The Kier molecular flexibility index (Phi) is 5.86. The van der Waals surface area contributed by atoms with Crippen LogP contribution in [0.5, 0.6) is 0 Å². The maximum absolute atomic E-state index is 6.13. The molecule has 0 aliphatic rings. The fourth-order valence-electron chi connectivity index (χ4n) is 3.00. The molecular weight excluding hydrogens is 232 g/mol. The molecule has 3 N–H and O–H groups in total. The molecule has 19 heavy (non-hydrogen) atoms. The predicted octanol–water partition coefficient (Wildman–Crippen LogP) is 4.20. The number of hydrogen-bond acceptors (Lipinski definition) is 2. The van der Waals surface area contributed by atoms with Crippen LogP contribution in [0.2, 0.25) is 0 Å². The summed E-state index contributed by atoms with van der Waals surface area (Å²) >= 11 is 0. The van der Waals surface area contributed by atoms with Crippen LogP contribution in [-0.2, 0) is 0 Å². The number of anilines is 1. The molecule has 1 rings (SSSR count). The SMILES string of the molecule is Cc1cccc(NC(CN)(CC(C)C)CC(C)C)c1. The van der Waals surface area contributed by atoms with Gasteiger partial charge in [-0.05, 0) is 49.3 Å². The van der Waals surface area contributed by atoms with Crippen LogP contribution in [0.25, 0.3) is 0 Å². The van der Waals surface area contributed by atoms with Crippen molar-refractivity contribution in [1.82, 2.24) is 0 Å². The molecule has 1 aromatic rings. The molecule has 0 saturated carbocycles. The molecule has 0 amide bonds. The number of rotatable bonds is 7. The molecule has 0 aromatic heterocycles. The summed E-state index contributed by atoms with van der Waals surface area (Å²) in [6.45, 7) is 11.9. The molecule has 0 unspecified atom stereocenters. The summed E-state index contributed by atoms with van der Waals surface area (Å²) in [5.74, 6) is 1.28. The van der Waals surface area contributed by atoms with Crippen molar-refractivity contribution in [2.75, 3.05) is 11.9 Å². The van der Waals surface area contributed by atoms with Gasteiger partial charge >= 0.3 is 0 Å². The molecule has 0 heterocycles. The van der Waals surface area contributed by atoms with Crippen molar-refractivity contribution in [2.45, 2.75) is 53.0 Å². The van der Waals surface area contributed by atoms with Crippen LogP contribution in [0, 0.1) is 18.8 Å². The zero-order chi connectivity index (χ0) is 14.5. The second-order valence-corrected chi connectivity index (χ2v) is 6.67. The van der Waals surface area contributed by atoms with Gasteiger partial charge in [-0.1, -0.05) is 39.8 Å². The Morgan fingerprint density at radius 1 is 1.11 bits per heavy atom.